The molecule has 0 N–H and O–H groups in total. The minimum absolute atomic E-state index is 1.05. The molecule has 0 aliphatic heterocycles. The van der Waals surface area contributed by atoms with Crippen molar-refractivity contribution in [3.63, 3.8) is 0 Å². The molecule has 5 aliphatic rings. The Labute approximate surface area is 144 Å². The molecule has 10 atom stereocenters. The third-order valence-corrected chi connectivity index (χ3v) is 9.60. The first-order valence-electron chi connectivity index (χ1n) is 11.2. The highest BCUT2D eigenvalue weighted by Gasteiger charge is 2.61. The monoisotopic (exact) mass is 314 g/mol. The maximum atomic E-state index is 2.67. The lowest BCUT2D eigenvalue weighted by Gasteiger charge is -2.47. The summed E-state index contributed by atoms with van der Waals surface area (Å²) in [7, 11) is 0. The van der Waals surface area contributed by atoms with E-state index in [2.05, 4.69) is 20.8 Å². The van der Waals surface area contributed by atoms with E-state index < -0.39 is 0 Å². The van der Waals surface area contributed by atoms with Gasteiger partial charge in [0.1, 0.15) is 0 Å². The molecule has 5 rings (SSSR count). The normalized spacial score (nSPS) is 58.6. The van der Waals surface area contributed by atoms with E-state index in [1.54, 1.807) is 51.4 Å². The topological polar surface area (TPSA) is 0 Å². The second-order valence-corrected chi connectivity index (χ2v) is 10.5. The maximum Gasteiger partial charge on any atom is -0.0321 e. The van der Waals surface area contributed by atoms with E-state index in [0.717, 1.165) is 65.1 Å². The number of rotatable bonds is 4. The van der Waals surface area contributed by atoms with Gasteiger partial charge < -0.3 is 0 Å². The predicted octanol–water partition coefficient (Wildman–Crippen LogP) is 6.40. The van der Waals surface area contributed by atoms with Crippen molar-refractivity contribution in [2.45, 2.75) is 78.6 Å². The van der Waals surface area contributed by atoms with Crippen LogP contribution in [0.15, 0.2) is 0 Å². The first-order chi connectivity index (χ1) is 11.2. The predicted molar refractivity (Wildman–Crippen MR) is 97.0 cm³/mol. The summed E-state index contributed by atoms with van der Waals surface area (Å²) in [6.07, 6.45) is 14.2. The summed E-state index contributed by atoms with van der Waals surface area (Å²) in [4.78, 5) is 0. The van der Waals surface area contributed by atoms with Crippen LogP contribution in [0.5, 0.6) is 0 Å². The molecule has 5 saturated carbocycles. The van der Waals surface area contributed by atoms with Crippen LogP contribution in [0.3, 0.4) is 0 Å². The van der Waals surface area contributed by atoms with Crippen LogP contribution in [0.4, 0.5) is 0 Å². The van der Waals surface area contributed by atoms with Gasteiger partial charge in [0, 0.05) is 0 Å². The van der Waals surface area contributed by atoms with Gasteiger partial charge in [-0.05, 0) is 116 Å². The Morgan fingerprint density at radius 2 is 1.26 bits per heavy atom. The number of fused-ring (bicyclic) bond motifs is 1. The maximum absolute atomic E-state index is 2.67. The largest absolute Gasteiger partial charge is 0.0651 e. The van der Waals surface area contributed by atoms with Crippen LogP contribution in [-0.2, 0) is 0 Å². The van der Waals surface area contributed by atoms with Gasteiger partial charge in [0.05, 0.1) is 0 Å². The molecule has 0 radical (unpaired) electrons. The van der Waals surface area contributed by atoms with Gasteiger partial charge in [-0.1, -0.05) is 27.2 Å². The van der Waals surface area contributed by atoms with E-state index in [1.807, 2.05) is 0 Å². The molecule has 23 heavy (non-hydrogen) atoms. The molecule has 0 saturated heterocycles. The smallest absolute Gasteiger partial charge is 0.0321 e. The summed E-state index contributed by atoms with van der Waals surface area (Å²) in [5.41, 5.74) is 0. The van der Waals surface area contributed by atoms with Crippen LogP contribution in [0.2, 0.25) is 0 Å². The molecule has 0 aromatic rings. The van der Waals surface area contributed by atoms with Crippen molar-refractivity contribution >= 4 is 0 Å². The number of hydrogen-bond acceptors (Lipinski definition) is 0. The van der Waals surface area contributed by atoms with Gasteiger partial charge in [0.2, 0.25) is 0 Å². The molecule has 0 amide bonds. The summed E-state index contributed by atoms with van der Waals surface area (Å²) < 4.78 is 0. The molecule has 0 spiro atoms. The van der Waals surface area contributed by atoms with Crippen LogP contribution in [0.1, 0.15) is 78.6 Å². The van der Waals surface area contributed by atoms with Gasteiger partial charge in [-0.25, -0.2) is 0 Å². The van der Waals surface area contributed by atoms with Gasteiger partial charge in [0.25, 0.3) is 0 Å². The van der Waals surface area contributed by atoms with Crippen molar-refractivity contribution in [3.8, 4) is 0 Å². The van der Waals surface area contributed by atoms with Crippen molar-refractivity contribution in [1.82, 2.24) is 0 Å². The van der Waals surface area contributed by atoms with E-state index in [0.29, 0.717) is 0 Å². The molecule has 0 bridgehead atoms. The van der Waals surface area contributed by atoms with Gasteiger partial charge >= 0.3 is 0 Å². The quantitative estimate of drug-likeness (QED) is 0.563. The Hall–Kier alpha value is 0. The molecule has 0 heterocycles. The van der Waals surface area contributed by atoms with Gasteiger partial charge in [-0.15, -0.1) is 0 Å². The van der Waals surface area contributed by atoms with Crippen LogP contribution in [0.25, 0.3) is 0 Å². The molecule has 5 fully saturated rings. The van der Waals surface area contributed by atoms with Crippen LogP contribution in [0, 0.1) is 65.1 Å². The average molecular weight is 315 g/mol. The highest BCUT2D eigenvalue weighted by molar-refractivity contribution is 5.10. The summed E-state index contributed by atoms with van der Waals surface area (Å²) in [5, 5.41) is 0. The fraction of sp³-hybridized carbons (Fsp3) is 1.00. The van der Waals surface area contributed by atoms with Crippen LogP contribution < -0.4 is 0 Å². The Kier molecular flexibility index (Phi) is 3.65. The third-order valence-electron chi connectivity index (χ3n) is 9.60. The molecule has 130 valence electrons. The summed E-state index contributed by atoms with van der Waals surface area (Å²) in [6.45, 7) is 7.69. The molecule has 0 nitrogen and oxygen atoms in total. The second-order valence-electron chi connectivity index (χ2n) is 10.5. The van der Waals surface area contributed by atoms with E-state index in [-0.39, 0.29) is 0 Å². The minimum Gasteiger partial charge on any atom is -0.0651 e. The Balaban J connectivity index is 1.23. The first-order valence-corrected chi connectivity index (χ1v) is 11.2. The Morgan fingerprint density at radius 1 is 0.609 bits per heavy atom. The third kappa shape index (κ3) is 2.53. The van der Waals surface area contributed by atoms with E-state index in [9.17, 15) is 0 Å². The zero-order chi connectivity index (χ0) is 15.7. The summed E-state index contributed by atoms with van der Waals surface area (Å²) in [5.74, 6) is 12.3. The van der Waals surface area contributed by atoms with Gasteiger partial charge in [0.15, 0.2) is 0 Å². The molecule has 0 aromatic heterocycles. The Morgan fingerprint density at radius 3 is 1.96 bits per heavy atom. The van der Waals surface area contributed by atoms with Crippen LogP contribution >= 0.6 is 0 Å². The molecule has 0 aromatic carbocycles. The van der Waals surface area contributed by atoms with Gasteiger partial charge in [-0.3, -0.25) is 0 Å². The van der Waals surface area contributed by atoms with Gasteiger partial charge in [-0.2, -0.15) is 0 Å². The first kappa shape index (κ1) is 15.3. The molecule has 5 aliphatic carbocycles. The Bertz CT molecular complexity index is 449. The van der Waals surface area contributed by atoms with E-state index >= 15 is 0 Å². The number of hydrogen-bond donors (Lipinski definition) is 0. The standard InChI is InChI=1S/C23H38/c1-4-15-12-21(15)23-14(3)22(23)20-10-8-18-11-17(16-5-6-16)7-9-19(18)13(20)2/h13-23H,4-12H2,1-3H3. The lowest BCUT2D eigenvalue weighted by molar-refractivity contribution is 0.0273. The fourth-order valence-electron chi connectivity index (χ4n) is 7.96. The highest BCUT2D eigenvalue weighted by Crippen LogP contribution is 2.67. The summed E-state index contributed by atoms with van der Waals surface area (Å²) in [6, 6.07) is 0. The van der Waals surface area contributed by atoms with Crippen molar-refractivity contribution in [2.24, 2.45) is 65.1 Å². The zero-order valence-corrected chi connectivity index (χ0v) is 15.7. The SMILES string of the molecule is CCC1CC1C1C(C)C1C1CCC2CC(C3CC3)CCC2C1C. The van der Waals surface area contributed by atoms with Crippen molar-refractivity contribution < 1.29 is 0 Å². The summed E-state index contributed by atoms with van der Waals surface area (Å²) >= 11 is 0. The van der Waals surface area contributed by atoms with Crippen molar-refractivity contribution in [3.05, 3.63) is 0 Å². The van der Waals surface area contributed by atoms with Crippen molar-refractivity contribution in [2.75, 3.05) is 0 Å². The molecule has 0 heteroatoms. The second kappa shape index (κ2) is 5.50. The zero-order valence-electron chi connectivity index (χ0n) is 15.7. The molecule has 10 unspecified atom stereocenters. The lowest BCUT2D eigenvalue weighted by Crippen LogP contribution is -2.38. The average Bonchev–Trinajstić information content (AvgIpc) is 3.42. The van der Waals surface area contributed by atoms with Crippen LogP contribution in [-0.4, -0.2) is 0 Å². The van der Waals surface area contributed by atoms with Crippen molar-refractivity contribution in [1.29, 1.82) is 0 Å². The highest BCUT2D eigenvalue weighted by atomic mass is 14.7. The molecular formula is C23H38. The lowest BCUT2D eigenvalue weighted by atomic mass is 9.58. The fourth-order valence-corrected chi connectivity index (χ4v) is 7.96. The minimum atomic E-state index is 1.05. The molecular weight excluding hydrogens is 276 g/mol. The van der Waals surface area contributed by atoms with E-state index in [4.69, 9.17) is 0 Å². The van der Waals surface area contributed by atoms with E-state index in [1.165, 1.54) is 6.42 Å².